The third-order valence-electron chi connectivity index (χ3n) is 4.27. The molecule has 3 rings (SSSR count). The van der Waals surface area contributed by atoms with Gasteiger partial charge in [0.15, 0.2) is 0 Å². The minimum absolute atomic E-state index is 0.423. The average molecular weight is 287 g/mol. The lowest BCUT2D eigenvalue weighted by Gasteiger charge is -2.24. The van der Waals surface area contributed by atoms with Crippen molar-refractivity contribution < 1.29 is 0 Å². The van der Waals surface area contributed by atoms with E-state index in [1.54, 1.807) is 0 Å². The quantitative estimate of drug-likeness (QED) is 0.877. The lowest BCUT2D eigenvalue weighted by Crippen LogP contribution is -2.22. The van der Waals surface area contributed by atoms with Gasteiger partial charge in [0, 0.05) is 6.54 Å². The summed E-state index contributed by atoms with van der Waals surface area (Å²) in [5.41, 5.74) is 8.66. The van der Waals surface area contributed by atoms with Crippen LogP contribution in [0.25, 0.3) is 11.1 Å². The molecule has 1 aromatic heterocycles. The fraction of sp³-hybridized carbons (Fsp3) is 0.438. The number of anilines is 2. The molecule has 1 heterocycles. The SMILES string of the molecule is CC1(CNc2snc(N)c2-c2ccccc2)CCCC1. The Kier molecular flexibility index (Phi) is 3.66. The second-order valence-corrected chi connectivity index (χ2v) is 6.78. The molecule has 4 heteroatoms. The fourth-order valence-corrected chi connectivity index (χ4v) is 3.74. The van der Waals surface area contributed by atoms with Crippen LogP contribution in [0.5, 0.6) is 0 Å². The Morgan fingerprint density at radius 3 is 2.65 bits per heavy atom. The zero-order valence-corrected chi connectivity index (χ0v) is 12.7. The van der Waals surface area contributed by atoms with Crippen molar-refractivity contribution in [3.8, 4) is 11.1 Å². The van der Waals surface area contributed by atoms with Crippen LogP contribution in [0.2, 0.25) is 0 Å². The molecular weight excluding hydrogens is 266 g/mol. The molecule has 1 aliphatic rings. The molecule has 0 saturated heterocycles. The van der Waals surface area contributed by atoms with Crippen LogP contribution < -0.4 is 11.1 Å². The average Bonchev–Trinajstić information content (AvgIpc) is 3.05. The summed E-state index contributed by atoms with van der Waals surface area (Å²) >= 11 is 1.47. The summed E-state index contributed by atoms with van der Waals surface area (Å²) in [5.74, 6) is 0.625. The fourth-order valence-electron chi connectivity index (χ4n) is 3.01. The summed E-state index contributed by atoms with van der Waals surface area (Å²) in [6, 6.07) is 10.3. The Bertz CT molecular complexity index is 571. The largest absolute Gasteiger partial charge is 0.382 e. The van der Waals surface area contributed by atoms with E-state index in [1.807, 2.05) is 18.2 Å². The molecule has 0 bridgehead atoms. The lowest BCUT2D eigenvalue weighted by atomic mass is 9.89. The first-order valence-corrected chi connectivity index (χ1v) is 8.00. The van der Waals surface area contributed by atoms with Gasteiger partial charge in [0.25, 0.3) is 0 Å². The molecule has 0 radical (unpaired) electrons. The van der Waals surface area contributed by atoms with Crippen molar-refractivity contribution in [2.45, 2.75) is 32.6 Å². The Balaban J connectivity index is 1.81. The summed E-state index contributed by atoms with van der Waals surface area (Å²) in [6.07, 6.45) is 5.34. The Labute approximate surface area is 124 Å². The van der Waals surface area contributed by atoms with Crippen LogP contribution in [0.15, 0.2) is 30.3 Å². The maximum atomic E-state index is 6.05. The van der Waals surface area contributed by atoms with Gasteiger partial charge in [0.2, 0.25) is 0 Å². The van der Waals surface area contributed by atoms with Crippen LogP contribution in [0, 0.1) is 5.41 Å². The zero-order valence-electron chi connectivity index (χ0n) is 11.9. The number of nitrogen functional groups attached to an aromatic ring is 1. The number of nitrogens with two attached hydrogens (primary N) is 1. The summed E-state index contributed by atoms with van der Waals surface area (Å²) in [4.78, 5) is 0. The van der Waals surface area contributed by atoms with E-state index in [2.05, 4.69) is 28.7 Å². The third-order valence-corrected chi connectivity index (χ3v) is 5.09. The second kappa shape index (κ2) is 5.44. The highest BCUT2D eigenvalue weighted by atomic mass is 32.1. The van der Waals surface area contributed by atoms with E-state index >= 15 is 0 Å². The molecule has 0 spiro atoms. The first-order chi connectivity index (χ1) is 9.68. The van der Waals surface area contributed by atoms with E-state index in [-0.39, 0.29) is 0 Å². The number of hydrogen-bond acceptors (Lipinski definition) is 4. The van der Waals surface area contributed by atoms with Gasteiger partial charge in [-0.05, 0) is 35.4 Å². The van der Waals surface area contributed by atoms with Crippen molar-refractivity contribution >= 4 is 22.4 Å². The molecule has 3 nitrogen and oxygen atoms in total. The summed E-state index contributed by atoms with van der Waals surface area (Å²) in [5, 5.41) is 4.69. The molecule has 0 amide bonds. The molecule has 1 aromatic carbocycles. The van der Waals surface area contributed by atoms with E-state index in [0.29, 0.717) is 11.2 Å². The predicted molar refractivity (Wildman–Crippen MR) is 87.0 cm³/mol. The van der Waals surface area contributed by atoms with E-state index in [9.17, 15) is 0 Å². The highest BCUT2D eigenvalue weighted by molar-refractivity contribution is 7.11. The smallest absolute Gasteiger partial charge is 0.147 e. The van der Waals surface area contributed by atoms with Crippen LogP contribution in [-0.4, -0.2) is 10.9 Å². The molecule has 1 fully saturated rings. The maximum absolute atomic E-state index is 6.05. The van der Waals surface area contributed by atoms with Crippen molar-refractivity contribution in [1.82, 2.24) is 4.37 Å². The van der Waals surface area contributed by atoms with Crippen molar-refractivity contribution in [2.24, 2.45) is 5.41 Å². The highest BCUT2D eigenvalue weighted by Crippen LogP contribution is 2.40. The lowest BCUT2D eigenvalue weighted by molar-refractivity contribution is 0.362. The van der Waals surface area contributed by atoms with Crippen LogP contribution in [0.1, 0.15) is 32.6 Å². The number of benzene rings is 1. The molecule has 0 atom stereocenters. The topological polar surface area (TPSA) is 50.9 Å². The second-order valence-electron chi connectivity index (χ2n) is 6.01. The van der Waals surface area contributed by atoms with Gasteiger partial charge in [-0.3, -0.25) is 0 Å². The monoisotopic (exact) mass is 287 g/mol. The minimum atomic E-state index is 0.423. The Morgan fingerprint density at radius 2 is 1.95 bits per heavy atom. The number of rotatable bonds is 4. The van der Waals surface area contributed by atoms with Crippen LogP contribution >= 0.6 is 11.5 Å². The first kappa shape index (κ1) is 13.4. The van der Waals surface area contributed by atoms with Gasteiger partial charge in [0.1, 0.15) is 10.8 Å². The molecular formula is C16H21N3S. The van der Waals surface area contributed by atoms with Crippen LogP contribution in [-0.2, 0) is 0 Å². The van der Waals surface area contributed by atoms with Gasteiger partial charge in [-0.2, -0.15) is 4.37 Å². The molecule has 1 saturated carbocycles. The van der Waals surface area contributed by atoms with Crippen LogP contribution in [0.4, 0.5) is 10.8 Å². The highest BCUT2D eigenvalue weighted by Gasteiger charge is 2.29. The van der Waals surface area contributed by atoms with Gasteiger partial charge >= 0.3 is 0 Å². The molecule has 1 aliphatic carbocycles. The zero-order chi connectivity index (χ0) is 14.0. The molecule has 3 N–H and O–H groups in total. The summed E-state index contributed by atoms with van der Waals surface area (Å²) in [7, 11) is 0. The molecule has 20 heavy (non-hydrogen) atoms. The molecule has 106 valence electrons. The molecule has 2 aromatic rings. The van der Waals surface area contributed by atoms with Gasteiger partial charge < -0.3 is 11.1 Å². The predicted octanol–water partition coefficient (Wildman–Crippen LogP) is 4.38. The van der Waals surface area contributed by atoms with Crippen molar-refractivity contribution in [3.05, 3.63) is 30.3 Å². The third kappa shape index (κ3) is 2.66. The van der Waals surface area contributed by atoms with Gasteiger partial charge in [-0.1, -0.05) is 50.1 Å². The standard InChI is InChI=1S/C16H21N3S/c1-16(9-5-6-10-16)11-18-15-13(14(17)19-20-15)12-7-3-2-4-8-12/h2-4,7-8,18H,5-6,9-11H2,1H3,(H2,17,19). The summed E-state index contributed by atoms with van der Waals surface area (Å²) in [6.45, 7) is 3.38. The number of aromatic nitrogens is 1. The van der Waals surface area contributed by atoms with Crippen molar-refractivity contribution in [2.75, 3.05) is 17.6 Å². The van der Waals surface area contributed by atoms with Gasteiger partial charge in [-0.15, -0.1) is 0 Å². The summed E-state index contributed by atoms with van der Waals surface area (Å²) < 4.78 is 4.32. The minimum Gasteiger partial charge on any atom is -0.382 e. The number of hydrogen-bond donors (Lipinski definition) is 2. The van der Waals surface area contributed by atoms with Gasteiger partial charge in [0.05, 0.1) is 5.56 Å². The normalized spacial score (nSPS) is 17.2. The number of nitrogens with one attached hydrogen (secondary N) is 1. The van der Waals surface area contributed by atoms with E-state index < -0.39 is 0 Å². The Hall–Kier alpha value is -1.55. The number of nitrogens with zero attached hydrogens (tertiary/aromatic N) is 1. The van der Waals surface area contributed by atoms with E-state index in [0.717, 1.165) is 22.7 Å². The maximum Gasteiger partial charge on any atom is 0.147 e. The molecule has 0 aliphatic heterocycles. The van der Waals surface area contributed by atoms with Crippen LogP contribution in [0.3, 0.4) is 0 Å². The van der Waals surface area contributed by atoms with Crippen molar-refractivity contribution in [3.63, 3.8) is 0 Å². The van der Waals surface area contributed by atoms with Crippen molar-refractivity contribution in [1.29, 1.82) is 0 Å². The van der Waals surface area contributed by atoms with E-state index in [4.69, 9.17) is 5.73 Å². The molecule has 0 unspecified atom stereocenters. The van der Waals surface area contributed by atoms with Gasteiger partial charge in [-0.25, -0.2) is 0 Å². The first-order valence-electron chi connectivity index (χ1n) is 7.22. The Morgan fingerprint density at radius 1 is 1.25 bits per heavy atom. The van der Waals surface area contributed by atoms with E-state index in [1.165, 1.54) is 37.2 Å².